The summed E-state index contributed by atoms with van der Waals surface area (Å²) in [7, 11) is 1.30. The molecule has 0 atom stereocenters. The van der Waals surface area contributed by atoms with Gasteiger partial charge in [-0.25, -0.2) is 10.2 Å². The molecule has 4 nitrogen and oxygen atoms in total. The number of nitrogens with one attached hydrogen (secondary N) is 1. The molecule has 1 amide bonds. The molecule has 0 bridgehead atoms. The van der Waals surface area contributed by atoms with Crippen molar-refractivity contribution in [2.75, 3.05) is 7.11 Å². The topological polar surface area (TPSA) is 50.7 Å². The van der Waals surface area contributed by atoms with E-state index in [0.717, 1.165) is 12.8 Å². The third-order valence-electron chi connectivity index (χ3n) is 0.850. The van der Waals surface area contributed by atoms with Crippen molar-refractivity contribution in [2.24, 2.45) is 5.10 Å². The smallest absolute Gasteiger partial charge is 0.427 e. The Balaban J connectivity index is 3.25. The number of hydrogen-bond acceptors (Lipinski definition) is 3. The maximum Gasteiger partial charge on any atom is 0.427 e. The van der Waals surface area contributed by atoms with E-state index >= 15 is 0 Å². The molecular weight excluding hydrogens is 132 g/mol. The van der Waals surface area contributed by atoms with Gasteiger partial charge in [-0.2, -0.15) is 5.10 Å². The van der Waals surface area contributed by atoms with Gasteiger partial charge in [0.2, 0.25) is 0 Å². The zero-order valence-electron chi connectivity index (χ0n) is 6.26. The van der Waals surface area contributed by atoms with Crippen LogP contribution in [0.3, 0.4) is 0 Å². The summed E-state index contributed by atoms with van der Waals surface area (Å²) in [5.74, 6) is 0. The van der Waals surface area contributed by atoms with Crippen LogP contribution in [0.5, 0.6) is 0 Å². The van der Waals surface area contributed by atoms with Crippen LogP contribution in [0.1, 0.15) is 19.8 Å². The third-order valence-corrected chi connectivity index (χ3v) is 0.850. The standard InChI is InChI=1S/C6H12N2O2/c1-3-4-5-7-8-6(9)10-2/h5H,3-4H2,1-2H3,(H,8,9). The second-order valence-electron chi connectivity index (χ2n) is 1.70. The lowest BCUT2D eigenvalue weighted by Gasteiger charge is -1.93. The number of carbonyl (C=O) groups is 1. The normalized spacial score (nSPS) is 9.80. The number of unbranched alkanes of at least 4 members (excludes halogenated alkanes) is 1. The molecule has 0 aliphatic heterocycles. The Labute approximate surface area is 60.3 Å². The molecule has 4 heteroatoms. The minimum atomic E-state index is -0.535. The Kier molecular flexibility index (Phi) is 5.42. The summed E-state index contributed by atoms with van der Waals surface area (Å²) in [6, 6.07) is 0. The zero-order valence-corrected chi connectivity index (χ0v) is 6.26. The summed E-state index contributed by atoms with van der Waals surface area (Å²) in [5, 5.41) is 3.58. The van der Waals surface area contributed by atoms with Crippen molar-refractivity contribution >= 4 is 12.3 Å². The highest BCUT2D eigenvalue weighted by molar-refractivity contribution is 5.68. The van der Waals surface area contributed by atoms with Crippen molar-refractivity contribution in [2.45, 2.75) is 19.8 Å². The first-order valence-corrected chi connectivity index (χ1v) is 3.16. The molecule has 0 aromatic carbocycles. The van der Waals surface area contributed by atoms with Gasteiger partial charge in [0, 0.05) is 6.21 Å². The number of nitrogens with zero attached hydrogens (tertiary/aromatic N) is 1. The van der Waals surface area contributed by atoms with E-state index in [1.165, 1.54) is 7.11 Å². The van der Waals surface area contributed by atoms with Gasteiger partial charge in [0.05, 0.1) is 7.11 Å². The third kappa shape index (κ3) is 5.08. The summed E-state index contributed by atoms with van der Waals surface area (Å²) in [4.78, 5) is 10.3. The molecule has 0 fully saturated rings. The molecule has 1 N–H and O–H groups in total. The number of methoxy groups -OCH3 is 1. The Morgan fingerprint density at radius 2 is 2.50 bits per heavy atom. The molecule has 0 saturated heterocycles. The van der Waals surface area contributed by atoms with E-state index < -0.39 is 6.09 Å². The number of hydrazone groups is 1. The van der Waals surface area contributed by atoms with Crippen LogP contribution in [0.2, 0.25) is 0 Å². The Bertz CT molecular complexity index is 123. The number of amides is 1. The molecule has 10 heavy (non-hydrogen) atoms. The maximum atomic E-state index is 10.3. The fourth-order valence-corrected chi connectivity index (χ4v) is 0.338. The quantitative estimate of drug-likeness (QED) is 0.476. The molecule has 0 rings (SSSR count). The average molecular weight is 144 g/mol. The van der Waals surface area contributed by atoms with E-state index in [-0.39, 0.29) is 0 Å². The van der Waals surface area contributed by atoms with Crippen molar-refractivity contribution in [1.29, 1.82) is 0 Å². The Hall–Kier alpha value is -1.06. The largest absolute Gasteiger partial charge is 0.452 e. The first-order valence-electron chi connectivity index (χ1n) is 3.16. The molecule has 58 valence electrons. The van der Waals surface area contributed by atoms with Crippen LogP contribution in [-0.4, -0.2) is 19.4 Å². The lowest BCUT2D eigenvalue weighted by atomic mass is 10.4. The van der Waals surface area contributed by atoms with E-state index in [9.17, 15) is 4.79 Å². The van der Waals surface area contributed by atoms with E-state index in [1.807, 2.05) is 6.92 Å². The summed E-state index contributed by atoms with van der Waals surface area (Å²) in [6.45, 7) is 2.03. The van der Waals surface area contributed by atoms with Gasteiger partial charge in [0.15, 0.2) is 0 Å². The van der Waals surface area contributed by atoms with Crippen LogP contribution in [0, 0.1) is 0 Å². The van der Waals surface area contributed by atoms with Gasteiger partial charge in [0.25, 0.3) is 0 Å². The van der Waals surface area contributed by atoms with E-state index in [1.54, 1.807) is 6.21 Å². The first-order chi connectivity index (χ1) is 4.81. The monoisotopic (exact) mass is 144 g/mol. The van der Waals surface area contributed by atoms with Crippen LogP contribution < -0.4 is 5.43 Å². The molecule has 0 spiro atoms. The summed E-state index contributed by atoms with van der Waals surface area (Å²) in [6.07, 6.45) is 2.99. The van der Waals surface area contributed by atoms with Gasteiger partial charge in [0.1, 0.15) is 0 Å². The van der Waals surface area contributed by atoms with Crippen molar-refractivity contribution in [3.63, 3.8) is 0 Å². The first kappa shape index (κ1) is 8.94. The zero-order chi connectivity index (χ0) is 7.82. The minimum Gasteiger partial charge on any atom is -0.452 e. The summed E-state index contributed by atoms with van der Waals surface area (Å²) in [5.41, 5.74) is 2.18. The highest BCUT2D eigenvalue weighted by Gasteiger charge is 1.90. The Morgan fingerprint density at radius 3 is 3.00 bits per heavy atom. The van der Waals surface area contributed by atoms with Crippen LogP contribution >= 0.6 is 0 Å². The van der Waals surface area contributed by atoms with Gasteiger partial charge in [-0.3, -0.25) is 0 Å². The molecule has 0 saturated carbocycles. The number of ether oxygens (including phenoxy) is 1. The molecule has 0 aromatic heterocycles. The lowest BCUT2D eigenvalue weighted by Crippen LogP contribution is -2.16. The van der Waals surface area contributed by atoms with Gasteiger partial charge in [-0.1, -0.05) is 13.3 Å². The number of hydrogen-bond donors (Lipinski definition) is 1. The molecule has 0 unspecified atom stereocenters. The molecular formula is C6H12N2O2. The van der Waals surface area contributed by atoms with Crippen LogP contribution in [0.25, 0.3) is 0 Å². The molecule has 0 aliphatic rings. The predicted molar refractivity (Wildman–Crippen MR) is 38.9 cm³/mol. The van der Waals surface area contributed by atoms with Crippen molar-refractivity contribution in [1.82, 2.24) is 5.43 Å². The van der Waals surface area contributed by atoms with Crippen molar-refractivity contribution in [3.8, 4) is 0 Å². The predicted octanol–water partition coefficient (Wildman–Crippen LogP) is 1.13. The fourth-order valence-electron chi connectivity index (χ4n) is 0.338. The fraction of sp³-hybridized carbons (Fsp3) is 0.667. The van der Waals surface area contributed by atoms with Crippen LogP contribution in [0.15, 0.2) is 5.10 Å². The molecule has 0 heterocycles. The van der Waals surface area contributed by atoms with Crippen LogP contribution in [0.4, 0.5) is 4.79 Å². The maximum absolute atomic E-state index is 10.3. The van der Waals surface area contributed by atoms with Gasteiger partial charge in [-0.05, 0) is 6.42 Å². The summed E-state index contributed by atoms with van der Waals surface area (Å²) < 4.78 is 4.27. The van der Waals surface area contributed by atoms with E-state index in [4.69, 9.17) is 0 Å². The SMILES string of the molecule is CCCC=NNC(=O)OC. The molecule has 0 aromatic rings. The molecule has 0 radical (unpaired) electrons. The second kappa shape index (κ2) is 6.07. The average Bonchev–Trinajstić information content (AvgIpc) is 1.98. The van der Waals surface area contributed by atoms with Crippen molar-refractivity contribution in [3.05, 3.63) is 0 Å². The van der Waals surface area contributed by atoms with Crippen LogP contribution in [-0.2, 0) is 4.74 Å². The highest BCUT2D eigenvalue weighted by Crippen LogP contribution is 1.79. The van der Waals surface area contributed by atoms with Gasteiger partial charge < -0.3 is 4.74 Å². The lowest BCUT2D eigenvalue weighted by molar-refractivity contribution is 0.171. The van der Waals surface area contributed by atoms with E-state index in [2.05, 4.69) is 15.3 Å². The van der Waals surface area contributed by atoms with Gasteiger partial charge >= 0.3 is 6.09 Å². The van der Waals surface area contributed by atoms with E-state index in [0.29, 0.717) is 0 Å². The second-order valence-corrected chi connectivity index (χ2v) is 1.70. The highest BCUT2D eigenvalue weighted by atomic mass is 16.5. The minimum absolute atomic E-state index is 0.535. The molecule has 0 aliphatic carbocycles. The van der Waals surface area contributed by atoms with Gasteiger partial charge in [-0.15, -0.1) is 0 Å². The Morgan fingerprint density at radius 1 is 1.80 bits per heavy atom. The number of carbonyl (C=O) groups excluding carboxylic acids is 1. The number of rotatable bonds is 3. The summed E-state index contributed by atoms with van der Waals surface area (Å²) >= 11 is 0. The van der Waals surface area contributed by atoms with Crippen molar-refractivity contribution < 1.29 is 9.53 Å².